The van der Waals surface area contributed by atoms with Crippen LogP contribution < -0.4 is 0 Å². The maximum absolute atomic E-state index is 12.6. The highest BCUT2D eigenvalue weighted by Crippen LogP contribution is 2.27. The van der Waals surface area contributed by atoms with E-state index in [4.69, 9.17) is 8.37 Å². The van der Waals surface area contributed by atoms with Gasteiger partial charge in [0.15, 0.2) is 9.84 Å². The van der Waals surface area contributed by atoms with E-state index in [0.717, 1.165) is 0 Å². The van der Waals surface area contributed by atoms with Crippen molar-refractivity contribution in [2.24, 2.45) is 0 Å². The maximum Gasteiger partial charge on any atom is 0.297 e. The summed E-state index contributed by atoms with van der Waals surface area (Å²) in [7, 11) is -12.5. The van der Waals surface area contributed by atoms with Crippen molar-refractivity contribution in [1.29, 1.82) is 0 Å². The number of sulfone groups is 1. The molecule has 0 amide bonds. The van der Waals surface area contributed by atoms with Crippen molar-refractivity contribution >= 4 is 42.2 Å². The van der Waals surface area contributed by atoms with Crippen LogP contribution in [0.4, 0.5) is 0 Å². The van der Waals surface area contributed by atoms with Gasteiger partial charge in [-0.3, -0.25) is 8.37 Å². The van der Waals surface area contributed by atoms with Gasteiger partial charge < -0.3 is 0 Å². The van der Waals surface area contributed by atoms with E-state index in [0.29, 0.717) is 11.1 Å². The van der Waals surface area contributed by atoms with Gasteiger partial charge in [-0.2, -0.15) is 16.8 Å². The molecule has 0 N–H and O–H groups in total. The molecule has 11 heteroatoms. The lowest BCUT2D eigenvalue weighted by molar-refractivity contribution is 0.101. The predicted octanol–water partition coefficient (Wildman–Crippen LogP) is 2.25. The largest absolute Gasteiger partial charge is 0.297 e. The molecule has 3 rings (SSSR count). The van der Waals surface area contributed by atoms with Gasteiger partial charge in [-0.05, 0) is 35.4 Å². The second-order valence-electron chi connectivity index (χ2n) is 6.80. The first-order valence-corrected chi connectivity index (χ1v) is 13.6. The Morgan fingerprint density at radius 2 is 1.03 bits per heavy atom. The fraction of sp³-hybridized carbons (Fsp3) is 0.200. The van der Waals surface area contributed by atoms with Crippen LogP contribution in [0.25, 0.3) is 12.2 Å². The van der Waals surface area contributed by atoms with Gasteiger partial charge in [0.2, 0.25) is 0 Å². The molecule has 1 aliphatic heterocycles. The first-order valence-electron chi connectivity index (χ1n) is 8.98. The Morgan fingerprint density at radius 1 is 0.710 bits per heavy atom. The van der Waals surface area contributed by atoms with E-state index in [-0.39, 0.29) is 9.79 Å². The van der Waals surface area contributed by atoms with Crippen molar-refractivity contribution in [3.05, 3.63) is 72.8 Å². The zero-order valence-corrected chi connectivity index (χ0v) is 18.7. The lowest BCUT2D eigenvalue weighted by Gasteiger charge is -2.18. The van der Waals surface area contributed by atoms with Crippen LogP contribution in [0.15, 0.2) is 71.5 Å². The summed E-state index contributed by atoms with van der Waals surface area (Å²) in [5.74, 6) is -1.38. The van der Waals surface area contributed by atoms with Gasteiger partial charge in [0.05, 0.1) is 21.3 Å². The average molecular weight is 485 g/mol. The fourth-order valence-electron chi connectivity index (χ4n) is 2.94. The first-order chi connectivity index (χ1) is 14.5. The summed E-state index contributed by atoms with van der Waals surface area (Å²) in [5, 5.41) is 0. The number of hydrogen-bond acceptors (Lipinski definition) is 8. The lowest BCUT2D eigenvalue weighted by Crippen LogP contribution is -2.34. The second kappa shape index (κ2) is 8.67. The number of benzene rings is 2. The van der Waals surface area contributed by atoms with Crippen molar-refractivity contribution in [3.8, 4) is 0 Å². The normalized spacial score (nSPS) is 20.9. The highest BCUT2D eigenvalue weighted by Gasteiger charge is 2.44. The van der Waals surface area contributed by atoms with E-state index >= 15 is 0 Å². The quantitative estimate of drug-likeness (QED) is 0.523. The molecule has 1 fully saturated rings. The van der Waals surface area contributed by atoms with E-state index < -0.39 is 53.8 Å². The Hall–Kier alpha value is -2.31. The minimum atomic E-state index is -4.37. The molecule has 1 saturated heterocycles. The van der Waals surface area contributed by atoms with E-state index in [9.17, 15) is 25.3 Å². The van der Waals surface area contributed by atoms with Gasteiger partial charge in [0.25, 0.3) is 20.2 Å². The van der Waals surface area contributed by atoms with Crippen LogP contribution in [0, 0.1) is 0 Å². The van der Waals surface area contributed by atoms with Crippen LogP contribution >= 0.6 is 0 Å². The molecule has 1 heterocycles. The third kappa shape index (κ3) is 5.49. The molecule has 0 radical (unpaired) electrons. The van der Waals surface area contributed by atoms with Gasteiger partial charge in [0.1, 0.15) is 12.2 Å². The smallest absolute Gasteiger partial charge is 0.259 e. The molecule has 2 unspecified atom stereocenters. The minimum Gasteiger partial charge on any atom is -0.259 e. The van der Waals surface area contributed by atoms with Crippen molar-refractivity contribution in [1.82, 2.24) is 0 Å². The Balaban J connectivity index is 1.85. The molecular formula is C20H20O8S3. The minimum absolute atomic E-state index is 0.205. The predicted molar refractivity (Wildman–Crippen MR) is 116 cm³/mol. The summed E-state index contributed by atoms with van der Waals surface area (Å²) in [6, 6.07) is 11.1. The Bertz CT molecular complexity index is 1190. The van der Waals surface area contributed by atoms with Gasteiger partial charge in [-0.1, -0.05) is 49.6 Å². The second-order valence-corrected chi connectivity index (χ2v) is 12.1. The van der Waals surface area contributed by atoms with E-state index in [2.05, 4.69) is 13.2 Å². The van der Waals surface area contributed by atoms with Gasteiger partial charge in [-0.25, -0.2) is 8.42 Å². The van der Waals surface area contributed by atoms with Crippen LogP contribution in [0.1, 0.15) is 11.1 Å². The summed E-state index contributed by atoms with van der Waals surface area (Å²) in [6.07, 6.45) is 0.0152. The summed E-state index contributed by atoms with van der Waals surface area (Å²) >= 11 is 0. The summed E-state index contributed by atoms with van der Waals surface area (Å²) in [5.41, 5.74) is 1.36. The molecular weight excluding hydrogens is 464 g/mol. The van der Waals surface area contributed by atoms with Crippen molar-refractivity contribution in [3.63, 3.8) is 0 Å². The van der Waals surface area contributed by atoms with E-state index in [1.165, 1.54) is 60.7 Å². The molecule has 2 aromatic rings. The SMILES string of the molecule is C=Cc1ccc(S(=O)(=O)OC2CS(=O)(=O)CC2OS(=O)(=O)c2ccc(C=C)cc2)cc1. The monoisotopic (exact) mass is 484 g/mol. The standard InChI is InChI=1S/C20H20O8S3/c1-3-15-5-9-17(10-6-15)30(23,24)27-19-13-29(21,22)14-20(19)28-31(25,26)18-11-7-16(4-2)8-12-18/h3-12,19-20H,1-2,13-14H2. The topological polar surface area (TPSA) is 121 Å². The Kier molecular flexibility index (Phi) is 6.53. The summed E-state index contributed by atoms with van der Waals surface area (Å²) in [6.45, 7) is 7.15. The highest BCUT2D eigenvalue weighted by molar-refractivity contribution is 7.92. The molecule has 0 spiro atoms. The Morgan fingerprint density at radius 3 is 1.32 bits per heavy atom. The first kappa shape index (κ1) is 23.4. The highest BCUT2D eigenvalue weighted by atomic mass is 32.2. The molecule has 0 aliphatic carbocycles. The van der Waals surface area contributed by atoms with Crippen LogP contribution in [-0.2, 0) is 38.4 Å². The number of hydrogen-bond donors (Lipinski definition) is 0. The molecule has 0 saturated carbocycles. The van der Waals surface area contributed by atoms with Crippen molar-refractivity contribution < 1.29 is 33.6 Å². The maximum atomic E-state index is 12.6. The molecule has 31 heavy (non-hydrogen) atoms. The van der Waals surface area contributed by atoms with Gasteiger partial charge >= 0.3 is 0 Å². The van der Waals surface area contributed by atoms with Gasteiger partial charge in [0, 0.05) is 0 Å². The van der Waals surface area contributed by atoms with Gasteiger partial charge in [-0.15, -0.1) is 0 Å². The zero-order valence-electron chi connectivity index (χ0n) is 16.2. The van der Waals surface area contributed by atoms with E-state index in [1.54, 1.807) is 0 Å². The third-order valence-corrected chi connectivity index (χ3v) is 8.93. The lowest BCUT2D eigenvalue weighted by atomic mass is 10.2. The van der Waals surface area contributed by atoms with Crippen LogP contribution in [-0.4, -0.2) is 49.0 Å². The van der Waals surface area contributed by atoms with E-state index in [1.807, 2.05) is 0 Å². The molecule has 0 aromatic heterocycles. The summed E-state index contributed by atoms with van der Waals surface area (Å²) in [4.78, 5) is -0.409. The zero-order chi connectivity index (χ0) is 22.9. The fourth-order valence-corrected chi connectivity index (χ4v) is 7.01. The molecule has 1 aliphatic rings. The Labute approximate surface area is 182 Å². The van der Waals surface area contributed by atoms with Crippen LogP contribution in [0.5, 0.6) is 0 Å². The number of rotatable bonds is 8. The van der Waals surface area contributed by atoms with Crippen LogP contribution in [0.3, 0.4) is 0 Å². The molecule has 0 bridgehead atoms. The molecule has 2 aromatic carbocycles. The van der Waals surface area contributed by atoms with Crippen molar-refractivity contribution in [2.45, 2.75) is 22.0 Å². The van der Waals surface area contributed by atoms with Crippen molar-refractivity contribution in [2.75, 3.05) is 11.5 Å². The molecule has 166 valence electrons. The third-order valence-electron chi connectivity index (χ3n) is 4.56. The molecule has 2 atom stereocenters. The molecule has 8 nitrogen and oxygen atoms in total. The summed E-state index contributed by atoms with van der Waals surface area (Å²) < 4.78 is 84.7. The average Bonchev–Trinajstić information content (AvgIpc) is 2.99. The van der Waals surface area contributed by atoms with Crippen LogP contribution in [0.2, 0.25) is 0 Å².